The van der Waals surface area contributed by atoms with Crippen LogP contribution >= 0.6 is 0 Å². The minimum atomic E-state index is -0.486. The molecule has 0 bridgehead atoms. The first kappa shape index (κ1) is 25.0. The first-order valence-electron chi connectivity index (χ1n) is 12.4. The van der Waals surface area contributed by atoms with E-state index in [4.69, 9.17) is 5.11 Å². The largest absolute Gasteiger partial charge is 0.388 e. The van der Waals surface area contributed by atoms with Crippen molar-refractivity contribution in [3.05, 3.63) is 82.9 Å². The molecule has 1 saturated heterocycles. The van der Waals surface area contributed by atoms with E-state index in [9.17, 15) is 9.59 Å². The van der Waals surface area contributed by atoms with E-state index in [1.54, 1.807) is 6.08 Å². The molecule has 1 aliphatic heterocycles. The number of rotatable bonds is 10. The molecule has 1 aliphatic carbocycles. The third kappa shape index (κ3) is 6.98. The van der Waals surface area contributed by atoms with E-state index < -0.39 is 6.61 Å². The van der Waals surface area contributed by atoms with E-state index >= 15 is 0 Å². The van der Waals surface area contributed by atoms with Crippen LogP contribution in [0, 0.1) is 0 Å². The second-order valence-electron chi connectivity index (χ2n) is 9.43. The standard InChI is InChI=1S/C29H35N3O3/c1-30-16-18-31(19-17-30)21-29(35)32(15-14-26-12-11-25-4-2-3-5-28(25)26)20-24-8-6-23(7-9-24)10-13-27(34)22-33/h2-10,12-13,33H,11,14-22H2,1H3/b13-10+. The lowest BCUT2D eigenvalue weighted by Crippen LogP contribution is -2.48. The highest BCUT2D eigenvalue weighted by Gasteiger charge is 2.22. The highest BCUT2D eigenvalue weighted by molar-refractivity contribution is 5.94. The van der Waals surface area contributed by atoms with Crippen molar-refractivity contribution < 1.29 is 14.7 Å². The molecular weight excluding hydrogens is 438 g/mol. The van der Waals surface area contributed by atoms with Crippen molar-refractivity contribution in [2.75, 3.05) is 52.9 Å². The molecule has 2 aromatic carbocycles. The summed E-state index contributed by atoms with van der Waals surface area (Å²) in [7, 11) is 2.12. The van der Waals surface area contributed by atoms with Gasteiger partial charge in [-0.3, -0.25) is 14.5 Å². The van der Waals surface area contributed by atoms with E-state index in [2.05, 4.69) is 47.2 Å². The molecule has 0 radical (unpaired) electrons. The number of hydrogen-bond acceptors (Lipinski definition) is 5. The molecule has 184 valence electrons. The summed E-state index contributed by atoms with van der Waals surface area (Å²) in [6.45, 7) is 5.02. The van der Waals surface area contributed by atoms with Crippen molar-refractivity contribution in [2.24, 2.45) is 0 Å². The predicted molar refractivity (Wildman–Crippen MR) is 140 cm³/mol. The second kappa shape index (κ2) is 12.1. The smallest absolute Gasteiger partial charge is 0.237 e. The lowest BCUT2D eigenvalue weighted by Gasteiger charge is -2.33. The van der Waals surface area contributed by atoms with Crippen LogP contribution in [0.1, 0.15) is 28.7 Å². The summed E-state index contributed by atoms with van der Waals surface area (Å²) in [6, 6.07) is 16.4. The lowest BCUT2D eigenvalue weighted by molar-refractivity contribution is -0.133. The minimum absolute atomic E-state index is 0.166. The number of carbonyl (C=O) groups is 2. The Labute approximate surface area is 208 Å². The molecule has 0 unspecified atom stereocenters. The van der Waals surface area contributed by atoms with Gasteiger partial charge in [0, 0.05) is 39.3 Å². The molecule has 2 aliphatic rings. The minimum Gasteiger partial charge on any atom is -0.388 e. The molecule has 6 nitrogen and oxygen atoms in total. The van der Waals surface area contributed by atoms with Crippen molar-refractivity contribution in [3.63, 3.8) is 0 Å². The Hall–Kier alpha value is -3.06. The van der Waals surface area contributed by atoms with Crippen LogP contribution in [0.3, 0.4) is 0 Å². The molecule has 1 N–H and O–H groups in total. The molecule has 6 heteroatoms. The van der Waals surface area contributed by atoms with E-state index in [0.717, 1.165) is 50.1 Å². The molecule has 0 aromatic heterocycles. The SMILES string of the molecule is CN1CCN(CC(=O)N(CCC2=CCc3ccccc32)Cc2ccc(/C=C/C(=O)CO)cc2)CC1. The summed E-state index contributed by atoms with van der Waals surface area (Å²) >= 11 is 0. The Bertz CT molecular complexity index is 1080. The number of hydrogen-bond donors (Lipinski definition) is 1. The Balaban J connectivity index is 1.43. The van der Waals surface area contributed by atoms with Gasteiger partial charge < -0.3 is 14.9 Å². The van der Waals surface area contributed by atoms with Gasteiger partial charge in [0.05, 0.1) is 6.54 Å². The third-order valence-corrected chi connectivity index (χ3v) is 6.86. The maximum atomic E-state index is 13.4. The number of allylic oxidation sites excluding steroid dienone is 1. The zero-order chi connectivity index (χ0) is 24.6. The molecule has 2 aromatic rings. The maximum Gasteiger partial charge on any atom is 0.237 e. The molecule has 0 spiro atoms. The van der Waals surface area contributed by atoms with Crippen molar-refractivity contribution in [2.45, 2.75) is 19.4 Å². The van der Waals surface area contributed by atoms with Crippen LogP contribution in [0.15, 0.2) is 60.7 Å². The Morgan fingerprint density at radius 2 is 1.77 bits per heavy atom. The molecular formula is C29H35N3O3. The van der Waals surface area contributed by atoms with E-state index in [0.29, 0.717) is 19.6 Å². The Morgan fingerprint density at radius 3 is 2.51 bits per heavy atom. The van der Waals surface area contributed by atoms with Crippen LogP contribution in [0.4, 0.5) is 0 Å². The van der Waals surface area contributed by atoms with Crippen LogP contribution in [-0.4, -0.2) is 84.4 Å². The van der Waals surface area contributed by atoms with Crippen LogP contribution in [-0.2, 0) is 22.6 Å². The number of aliphatic hydroxyl groups excluding tert-OH is 1. The summed E-state index contributed by atoms with van der Waals surface area (Å²) < 4.78 is 0. The maximum absolute atomic E-state index is 13.4. The first-order chi connectivity index (χ1) is 17.0. The summed E-state index contributed by atoms with van der Waals surface area (Å²) in [5.41, 5.74) is 5.95. The number of amides is 1. The van der Waals surface area contributed by atoms with Crippen LogP contribution in [0.25, 0.3) is 11.6 Å². The van der Waals surface area contributed by atoms with Gasteiger partial charge in [-0.2, -0.15) is 0 Å². The fraction of sp³-hybridized carbons (Fsp3) is 0.379. The van der Waals surface area contributed by atoms with Crippen LogP contribution in [0.2, 0.25) is 0 Å². The molecule has 0 atom stereocenters. The van der Waals surface area contributed by atoms with Crippen molar-refractivity contribution in [1.29, 1.82) is 0 Å². The van der Waals surface area contributed by atoms with E-state index in [1.807, 2.05) is 29.2 Å². The highest BCUT2D eigenvalue weighted by atomic mass is 16.3. The first-order valence-corrected chi connectivity index (χ1v) is 12.4. The number of nitrogens with zero attached hydrogens (tertiary/aromatic N) is 3. The summed E-state index contributed by atoms with van der Waals surface area (Å²) in [5.74, 6) is -0.156. The predicted octanol–water partition coefficient (Wildman–Crippen LogP) is 2.87. The number of carbonyl (C=O) groups excluding carboxylic acids is 2. The number of fused-ring (bicyclic) bond motifs is 1. The topological polar surface area (TPSA) is 64.1 Å². The summed E-state index contributed by atoms with van der Waals surface area (Å²) in [6.07, 6.45) is 7.18. The van der Waals surface area contributed by atoms with Gasteiger partial charge in [-0.15, -0.1) is 0 Å². The fourth-order valence-corrected chi connectivity index (χ4v) is 4.63. The van der Waals surface area contributed by atoms with E-state index in [-0.39, 0.29) is 11.7 Å². The second-order valence-corrected chi connectivity index (χ2v) is 9.43. The number of likely N-dealkylation sites (N-methyl/N-ethyl adjacent to an activating group) is 1. The zero-order valence-electron chi connectivity index (χ0n) is 20.5. The van der Waals surface area contributed by atoms with Gasteiger partial charge in [-0.1, -0.05) is 60.7 Å². The summed E-state index contributed by atoms with van der Waals surface area (Å²) in [5, 5.41) is 8.87. The molecule has 35 heavy (non-hydrogen) atoms. The summed E-state index contributed by atoms with van der Waals surface area (Å²) in [4.78, 5) is 31.3. The van der Waals surface area contributed by atoms with Gasteiger partial charge in [-0.25, -0.2) is 0 Å². The van der Waals surface area contributed by atoms with Gasteiger partial charge in [-0.05, 0) is 53.8 Å². The monoisotopic (exact) mass is 473 g/mol. The Kier molecular flexibility index (Phi) is 8.64. The molecule has 1 amide bonds. The van der Waals surface area contributed by atoms with Crippen molar-refractivity contribution in [1.82, 2.24) is 14.7 Å². The van der Waals surface area contributed by atoms with Gasteiger partial charge in [0.25, 0.3) is 0 Å². The molecule has 1 heterocycles. The van der Waals surface area contributed by atoms with Crippen LogP contribution < -0.4 is 0 Å². The molecule has 4 rings (SSSR count). The lowest BCUT2D eigenvalue weighted by atomic mass is 10.0. The van der Waals surface area contributed by atoms with Crippen molar-refractivity contribution in [3.8, 4) is 0 Å². The van der Waals surface area contributed by atoms with E-state index in [1.165, 1.54) is 22.8 Å². The number of aliphatic hydroxyl groups is 1. The molecule has 1 fully saturated rings. The number of ketones is 1. The van der Waals surface area contributed by atoms with Gasteiger partial charge in [0.2, 0.25) is 5.91 Å². The normalized spacial score (nSPS) is 16.3. The third-order valence-electron chi connectivity index (χ3n) is 6.86. The highest BCUT2D eigenvalue weighted by Crippen LogP contribution is 2.29. The average Bonchev–Trinajstić information content (AvgIpc) is 3.30. The molecule has 0 saturated carbocycles. The fourth-order valence-electron chi connectivity index (χ4n) is 4.63. The quantitative estimate of drug-likeness (QED) is 0.538. The Morgan fingerprint density at radius 1 is 1.03 bits per heavy atom. The van der Waals surface area contributed by atoms with Crippen molar-refractivity contribution >= 4 is 23.3 Å². The van der Waals surface area contributed by atoms with Crippen LogP contribution in [0.5, 0.6) is 0 Å². The van der Waals surface area contributed by atoms with Gasteiger partial charge >= 0.3 is 0 Å². The zero-order valence-corrected chi connectivity index (χ0v) is 20.5. The van der Waals surface area contributed by atoms with Gasteiger partial charge in [0.15, 0.2) is 5.78 Å². The number of piperazine rings is 1. The number of benzene rings is 2. The van der Waals surface area contributed by atoms with Gasteiger partial charge in [0.1, 0.15) is 6.61 Å². The average molecular weight is 474 g/mol.